The van der Waals surface area contributed by atoms with Crippen LogP contribution in [-0.2, 0) is 17.7 Å². The average Bonchev–Trinajstić information content (AvgIpc) is 2.25. The first-order chi connectivity index (χ1) is 5.38. The summed E-state index contributed by atoms with van der Waals surface area (Å²) in [7, 11) is 0. The minimum absolute atomic E-state index is 0.754. The first-order valence-corrected chi connectivity index (χ1v) is 4.32. The fourth-order valence-electron chi connectivity index (χ4n) is 1.14. The van der Waals surface area contributed by atoms with Gasteiger partial charge < -0.3 is 9.30 Å². The van der Waals surface area contributed by atoms with E-state index in [2.05, 4.69) is 26.1 Å². The Morgan fingerprint density at radius 2 is 2.27 bits per heavy atom. The first kappa shape index (κ1) is 7.24. The van der Waals surface area contributed by atoms with Crippen LogP contribution in [0.25, 0.3) is 0 Å². The lowest BCUT2D eigenvalue weighted by Gasteiger charge is -1.99. The van der Waals surface area contributed by atoms with Crippen LogP contribution < -0.4 is 0 Å². The van der Waals surface area contributed by atoms with Crippen LogP contribution in [0.2, 0.25) is 0 Å². The van der Waals surface area contributed by atoms with Crippen molar-refractivity contribution in [3.8, 4) is 0 Å². The highest BCUT2D eigenvalue weighted by molar-refractivity contribution is 9.10. The number of hydrogen-bond donors (Lipinski definition) is 0. The molecule has 0 unspecified atom stereocenters. The Bertz CT molecular complexity index is 260. The molecule has 0 bridgehead atoms. The minimum Gasteiger partial charge on any atom is -0.379 e. The van der Waals surface area contributed by atoms with Crippen molar-refractivity contribution in [2.24, 2.45) is 0 Å². The van der Waals surface area contributed by atoms with Gasteiger partial charge in [0, 0.05) is 13.0 Å². The van der Waals surface area contributed by atoms with Gasteiger partial charge in [0.15, 0.2) is 4.73 Å². The molecule has 0 atom stereocenters. The van der Waals surface area contributed by atoms with Gasteiger partial charge in [-0.1, -0.05) is 0 Å². The lowest BCUT2D eigenvalue weighted by Crippen LogP contribution is -2.03. The highest BCUT2D eigenvalue weighted by Crippen LogP contribution is 2.11. The number of halogens is 1. The number of ether oxygens (including phenoxy) is 1. The van der Waals surface area contributed by atoms with Crippen molar-refractivity contribution in [3.63, 3.8) is 0 Å². The van der Waals surface area contributed by atoms with Crippen LogP contribution in [0.5, 0.6) is 0 Å². The van der Waals surface area contributed by atoms with Crippen molar-refractivity contribution >= 4 is 15.9 Å². The number of aromatic nitrogens is 3. The smallest absolute Gasteiger partial charge is 0.200 e. The summed E-state index contributed by atoms with van der Waals surface area (Å²) in [6.07, 6.45) is 0.860. The Morgan fingerprint density at radius 3 is 3.18 bits per heavy atom. The molecule has 60 valence electrons. The Kier molecular flexibility index (Phi) is 1.91. The topological polar surface area (TPSA) is 39.9 Å². The lowest BCUT2D eigenvalue weighted by molar-refractivity contribution is 0.139. The van der Waals surface area contributed by atoms with Crippen molar-refractivity contribution in [1.82, 2.24) is 14.8 Å². The van der Waals surface area contributed by atoms with Crippen LogP contribution >= 0.6 is 15.9 Å². The Hall–Kier alpha value is -0.420. The van der Waals surface area contributed by atoms with E-state index in [1.807, 2.05) is 4.57 Å². The van der Waals surface area contributed by atoms with Gasteiger partial charge in [0.05, 0.1) is 13.2 Å². The SMILES string of the molecule is Brc1nnc2n1CCOCC2. The summed E-state index contributed by atoms with van der Waals surface area (Å²) in [6, 6.07) is 0. The van der Waals surface area contributed by atoms with E-state index in [1.54, 1.807) is 0 Å². The minimum atomic E-state index is 0.754. The molecule has 0 amide bonds. The zero-order valence-corrected chi connectivity index (χ0v) is 7.54. The van der Waals surface area contributed by atoms with Gasteiger partial charge in [-0.2, -0.15) is 0 Å². The summed E-state index contributed by atoms with van der Waals surface area (Å²) in [4.78, 5) is 0. The van der Waals surface area contributed by atoms with Gasteiger partial charge in [-0.15, -0.1) is 10.2 Å². The molecule has 2 rings (SSSR count). The molecule has 0 fully saturated rings. The summed E-state index contributed by atoms with van der Waals surface area (Å²) in [5, 5.41) is 7.92. The van der Waals surface area contributed by atoms with Crippen molar-refractivity contribution in [1.29, 1.82) is 0 Å². The molecule has 1 aromatic heterocycles. The maximum absolute atomic E-state index is 5.28. The molecule has 0 aliphatic carbocycles. The van der Waals surface area contributed by atoms with Crippen LogP contribution in [0.15, 0.2) is 4.73 Å². The van der Waals surface area contributed by atoms with E-state index in [4.69, 9.17) is 4.74 Å². The molecule has 0 aromatic carbocycles. The highest BCUT2D eigenvalue weighted by Gasteiger charge is 2.11. The summed E-state index contributed by atoms with van der Waals surface area (Å²) >= 11 is 3.32. The van der Waals surface area contributed by atoms with Crippen molar-refractivity contribution in [3.05, 3.63) is 10.6 Å². The molecule has 4 nitrogen and oxygen atoms in total. The van der Waals surface area contributed by atoms with E-state index in [9.17, 15) is 0 Å². The third-order valence-electron chi connectivity index (χ3n) is 1.71. The summed E-state index contributed by atoms with van der Waals surface area (Å²) < 4.78 is 8.12. The molecule has 11 heavy (non-hydrogen) atoms. The molecule has 5 heteroatoms. The van der Waals surface area contributed by atoms with E-state index in [0.29, 0.717) is 0 Å². The molecular weight excluding hydrogens is 210 g/mol. The van der Waals surface area contributed by atoms with Crippen LogP contribution in [0, 0.1) is 0 Å². The molecular formula is C6H8BrN3O. The van der Waals surface area contributed by atoms with Gasteiger partial charge >= 0.3 is 0 Å². The summed E-state index contributed by atoms with van der Waals surface area (Å²) in [5.74, 6) is 1.01. The van der Waals surface area contributed by atoms with Gasteiger partial charge in [0.2, 0.25) is 0 Å². The maximum Gasteiger partial charge on any atom is 0.200 e. The molecule has 2 heterocycles. The molecule has 0 saturated carbocycles. The molecule has 0 saturated heterocycles. The molecule has 0 N–H and O–H groups in total. The third-order valence-corrected chi connectivity index (χ3v) is 2.30. The van der Waals surface area contributed by atoms with Crippen LogP contribution in [-0.4, -0.2) is 28.0 Å². The predicted octanol–water partition coefficient (Wildman–Crippen LogP) is 0.613. The standard InChI is InChI=1S/C6H8BrN3O/c7-6-9-8-5-1-3-11-4-2-10(5)6/h1-4H2. The van der Waals surface area contributed by atoms with Gasteiger partial charge in [0.25, 0.3) is 0 Å². The van der Waals surface area contributed by atoms with Gasteiger partial charge in [-0.3, -0.25) is 0 Å². The third kappa shape index (κ3) is 1.30. The summed E-state index contributed by atoms with van der Waals surface area (Å²) in [5.41, 5.74) is 0. The normalized spacial score (nSPS) is 17.5. The molecule has 1 aromatic rings. The number of nitrogens with zero attached hydrogens (tertiary/aromatic N) is 3. The van der Waals surface area contributed by atoms with E-state index in [0.717, 1.165) is 36.7 Å². The number of fused-ring (bicyclic) bond motifs is 1. The van der Waals surface area contributed by atoms with Gasteiger partial charge in [0.1, 0.15) is 5.82 Å². The Balaban J connectivity index is 2.35. The lowest BCUT2D eigenvalue weighted by atomic mass is 10.4. The van der Waals surface area contributed by atoms with Crippen LogP contribution in [0.4, 0.5) is 0 Å². The van der Waals surface area contributed by atoms with Crippen molar-refractivity contribution < 1.29 is 4.74 Å². The zero-order valence-electron chi connectivity index (χ0n) is 5.96. The fraction of sp³-hybridized carbons (Fsp3) is 0.667. The van der Waals surface area contributed by atoms with E-state index >= 15 is 0 Å². The second kappa shape index (κ2) is 2.91. The zero-order chi connectivity index (χ0) is 7.68. The van der Waals surface area contributed by atoms with Crippen molar-refractivity contribution in [2.45, 2.75) is 13.0 Å². The van der Waals surface area contributed by atoms with E-state index in [1.165, 1.54) is 0 Å². The number of hydrogen-bond acceptors (Lipinski definition) is 3. The van der Waals surface area contributed by atoms with Crippen molar-refractivity contribution in [2.75, 3.05) is 13.2 Å². The number of rotatable bonds is 0. The molecule has 1 aliphatic rings. The molecule has 0 spiro atoms. The molecule has 0 radical (unpaired) electrons. The average molecular weight is 218 g/mol. The first-order valence-electron chi connectivity index (χ1n) is 3.53. The Labute approximate surface area is 72.7 Å². The largest absolute Gasteiger partial charge is 0.379 e. The second-order valence-corrected chi connectivity index (χ2v) is 3.11. The van der Waals surface area contributed by atoms with Crippen LogP contribution in [0.1, 0.15) is 5.82 Å². The Morgan fingerprint density at radius 1 is 1.36 bits per heavy atom. The monoisotopic (exact) mass is 217 g/mol. The van der Waals surface area contributed by atoms with Gasteiger partial charge in [-0.05, 0) is 15.9 Å². The predicted molar refractivity (Wildman–Crippen MR) is 42.2 cm³/mol. The maximum atomic E-state index is 5.28. The highest BCUT2D eigenvalue weighted by atomic mass is 79.9. The molecule has 1 aliphatic heterocycles. The van der Waals surface area contributed by atoms with Gasteiger partial charge in [-0.25, -0.2) is 0 Å². The van der Waals surface area contributed by atoms with E-state index in [-0.39, 0.29) is 0 Å². The van der Waals surface area contributed by atoms with Crippen LogP contribution in [0.3, 0.4) is 0 Å². The quantitative estimate of drug-likeness (QED) is 0.640. The summed E-state index contributed by atoms with van der Waals surface area (Å²) in [6.45, 7) is 2.36. The fourth-order valence-corrected chi connectivity index (χ4v) is 1.60. The van der Waals surface area contributed by atoms with E-state index < -0.39 is 0 Å². The second-order valence-electron chi connectivity index (χ2n) is 2.40.